The molecule has 0 aromatic heterocycles. The molecule has 4 N–H and O–H groups in total. The third-order valence-corrected chi connectivity index (χ3v) is 2.58. The molecule has 0 saturated heterocycles. The molecule has 0 atom stereocenters. The van der Waals surface area contributed by atoms with Crippen LogP contribution in [-0.4, -0.2) is 31.9 Å². The fourth-order valence-corrected chi connectivity index (χ4v) is 1.57. The summed E-state index contributed by atoms with van der Waals surface area (Å²) in [5.74, 6) is 0.655. The highest BCUT2D eigenvalue weighted by Gasteiger charge is 1.99. The van der Waals surface area contributed by atoms with Crippen LogP contribution >= 0.6 is 0 Å². The highest BCUT2D eigenvalue weighted by Crippen LogP contribution is 2.26. The molecule has 1 aromatic rings. The lowest BCUT2D eigenvalue weighted by Gasteiger charge is -2.04. The van der Waals surface area contributed by atoms with Crippen molar-refractivity contribution in [2.75, 3.05) is 26.7 Å². The Morgan fingerprint density at radius 2 is 2.22 bits per heavy atom. The standard InChI is InChI=1S/C14H22N2O2/c1-18-14-11-12(6-7-13(14)17)5-4-10-16-9-3-2-8-15/h4-7,11,16-17H,2-3,8-10,15H2,1H3/b5-4+. The molecule has 0 aliphatic rings. The third-order valence-electron chi connectivity index (χ3n) is 2.58. The van der Waals surface area contributed by atoms with Gasteiger partial charge in [-0.25, -0.2) is 0 Å². The van der Waals surface area contributed by atoms with Gasteiger partial charge in [0.15, 0.2) is 11.5 Å². The number of hydrogen-bond acceptors (Lipinski definition) is 4. The first kappa shape index (κ1) is 14.5. The minimum absolute atomic E-state index is 0.162. The van der Waals surface area contributed by atoms with Crippen molar-refractivity contribution >= 4 is 6.08 Å². The van der Waals surface area contributed by atoms with E-state index in [1.165, 1.54) is 0 Å². The van der Waals surface area contributed by atoms with Crippen molar-refractivity contribution in [2.24, 2.45) is 5.73 Å². The van der Waals surface area contributed by atoms with Crippen molar-refractivity contribution in [3.05, 3.63) is 29.8 Å². The minimum Gasteiger partial charge on any atom is -0.504 e. The largest absolute Gasteiger partial charge is 0.504 e. The van der Waals surface area contributed by atoms with Gasteiger partial charge < -0.3 is 20.9 Å². The van der Waals surface area contributed by atoms with Gasteiger partial charge in [-0.15, -0.1) is 0 Å². The SMILES string of the molecule is COc1cc(/C=C/CNCCCCN)ccc1O. The van der Waals surface area contributed by atoms with Gasteiger partial charge >= 0.3 is 0 Å². The van der Waals surface area contributed by atoms with Crippen molar-refractivity contribution < 1.29 is 9.84 Å². The van der Waals surface area contributed by atoms with Crippen molar-refractivity contribution in [3.63, 3.8) is 0 Å². The van der Waals surface area contributed by atoms with E-state index < -0.39 is 0 Å². The minimum atomic E-state index is 0.162. The smallest absolute Gasteiger partial charge is 0.161 e. The molecule has 0 spiro atoms. The van der Waals surface area contributed by atoms with E-state index in [0.29, 0.717) is 5.75 Å². The molecule has 1 aromatic carbocycles. The fraction of sp³-hybridized carbons (Fsp3) is 0.429. The van der Waals surface area contributed by atoms with Crippen molar-refractivity contribution in [1.29, 1.82) is 0 Å². The number of benzene rings is 1. The molecular weight excluding hydrogens is 228 g/mol. The maximum Gasteiger partial charge on any atom is 0.161 e. The summed E-state index contributed by atoms with van der Waals surface area (Å²) in [6, 6.07) is 5.29. The van der Waals surface area contributed by atoms with Crippen molar-refractivity contribution in [1.82, 2.24) is 5.32 Å². The number of nitrogens with one attached hydrogen (secondary N) is 1. The Labute approximate surface area is 108 Å². The van der Waals surface area contributed by atoms with E-state index in [0.717, 1.165) is 38.0 Å². The molecule has 0 radical (unpaired) electrons. The van der Waals surface area contributed by atoms with Crippen LogP contribution in [0.15, 0.2) is 24.3 Å². The topological polar surface area (TPSA) is 67.5 Å². The number of ether oxygens (including phenoxy) is 1. The van der Waals surface area contributed by atoms with E-state index in [-0.39, 0.29) is 5.75 Å². The highest BCUT2D eigenvalue weighted by molar-refractivity contribution is 5.55. The lowest BCUT2D eigenvalue weighted by Crippen LogP contribution is -2.15. The number of nitrogens with two attached hydrogens (primary N) is 1. The molecule has 1 rings (SSSR count). The summed E-state index contributed by atoms with van der Waals surface area (Å²) < 4.78 is 5.05. The number of methoxy groups -OCH3 is 1. The van der Waals surface area contributed by atoms with Crippen LogP contribution in [0.25, 0.3) is 6.08 Å². The first-order valence-electron chi connectivity index (χ1n) is 6.22. The van der Waals surface area contributed by atoms with Crippen LogP contribution in [0.3, 0.4) is 0 Å². The summed E-state index contributed by atoms with van der Waals surface area (Å²) >= 11 is 0. The Bertz CT molecular complexity index is 378. The van der Waals surface area contributed by atoms with Crippen LogP contribution in [0.1, 0.15) is 18.4 Å². The van der Waals surface area contributed by atoms with Gasteiger partial charge in [-0.05, 0) is 43.6 Å². The fourth-order valence-electron chi connectivity index (χ4n) is 1.57. The number of unbranched alkanes of at least 4 members (excludes halogenated alkanes) is 1. The predicted molar refractivity (Wildman–Crippen MR) is 74.9 cm³/mol. The molecule has 0 bridgehead atoms. The molecule has 4 nitrogen and oxygen atoms in total. The number of phenols is 1. The average Bonchev–Trinajstić information content (AvgIpc) is 2.39. The van der Waals surface area contributed by atoms with Gasteiger partial charge in [-0.1, -0.05) is 18.2 Å². The van der Waals surface area contributed by atoms with E-state index in [4.69, 9.17) is 10.5 Å². The first-order valence-corrected chi connectivity index (χ1v) is 6.22. The molecule has 0 heterocycles. The summed E-state index contributed by atoms with van der Waals surface area (Å²) in [6.45, 7) is 2.57. The molecule has 18 heavy (non-hydrogen) atoms. The van der Waals surface area contributed by atoms with Crippen molar-refractivity contribution in [2.45, 2.75) is 12.8 Å². The summed E-state index contributed by atoms with van der Waals surface area (Å²) in [6.07, 6.45) is 6.22. The Hall–Kier alpha value is -1.52. The van der Waals surface area contributed by atoms with E-state index in [2.05, 4.69) is 5.32 Å². The number of aromatic hydroxyl groups is 1. The Balaban J connectivity index is 2.33. The average molecular weight is 250 g/mol. The number of phenolic OH excluding ortho intramolecular Hbond substituents is 1. The predicted octanol–water partition coefficient (Wildman–Crippen LogP) is 1.74. The molecule has 0 unspecified atom stereocenters. The number of rotatable bonds is 8. The monoisotopic (exact) mass is 250 g/mol. The second-order valence-corrected chi connectivity index (χ2v) is 4.03. The van der Waals surface area contributed by atoms with E-state index in [1.807, 2.05) is 18.2 Å². The lowest BCUT2D eigenvalue weighted by atomic mass is 10.2. The van der Waals surface area contributed by atoms with E-state index >= 15 is 0 Å². The molecule has 0 saturated carbocycles. The molecule has 100 valence electrons. The molecule has 0 fully saturated rings. The molecule has 0 amide bonds. The van der Waals surface area contributed by atoms with Crippen molar-refractivity contribution in [3.8, 4) is 11.5 Å². The normalized spacial score (nSPS) is 11.0. The second-order valence-electron chi connectivity index (χ2n) is 4.03. The van der Waals surface area contributed by atoms with Crippen LogP contribution in [0, 0.1) is 0 Å². The summed E-state index contributed by atoms with van der Waals surface area (Å²) in [5, 5.41) is 12.8. The maximum absolute atomic E-state index is 9.46. The van der Waals surface area contributed by atoms with E-state index in [1.54, 1.807) is 19.2 Å². The van der Waals surface area contributed by atoms with Gasteiger partial charge in [0.1, 0.15) is 0 Å². The van der Waals surface area contributed by atoms with Gasteiger partial charge in [0.2, 0.25) is 0 Å². The lowest BCUT2D eigenvalue weighted by molar-refractivity contribution is 0.373. The summed E-state index contributed by atoms with van der Waals surface area (Å²) in [4.78, 5) is 0. The molecule has 4 heteroatoms. The van der Waals surface area contributed by atoms with E-state index in [9.17, 15) is 5.11 Å². The van der Waals surface area contributed by atoms with Gasteiger partial charge in [0.25, 0.3) is 0 Å². The zero-order valence-corrected chi connectivity index (χ0v) is 10.9. The zero-order chi connectivity index (χ0) is 13.2. The Kier molecular flexibility index (Phi) is 6.91. The van der Waals surface area contributed by atoms with Gasteiger partial charge in [0.05, 0.1) is 7.11 Å². The molecule has 0 aliphatic carbocycles. The Morgan fingerprint density at radius 1 is 1.39 bits per heavy atom. The van der Waals surface area contributed by atoms with Gasteiger partial charge in [-0.3, -0.25) is 0 Å². The second kappa shape index (κ2) is 8.55. The summed E-state index contributed by atoms with van der Waals surface area (Å²) in [7, 11) is 1.54. The highest BCUT2D eigenvalue weighted by atomic mass is 16.5. The third kappa shape index (κ3) is 5.21. The zero-order valence-electron chi connectivity index (χ0n) is 10.9. The Morgan fingerprint density at radius 3 is 2.94 bits per heavy atom. The van der Waals surface area contributed by atoms with Crippen LogP contribution in [-0.2, 0) is 0 Å². The summed E-state index contributed by atoms with van der Waals surface area (Å²) in [5.41, 5.74) is 6.42. The molecule has 0 aliphatic heterocycles. The van der Waals surface area contributed by atoms with Gasteiger partial charge in [0, 0.05) is 6.54 Å². The van der Waals surface area contributed by atoms with Crippen LogP contribution < -0.4 is 15.8 Å². The first-order chi connectivity index (χ1) is 8.77. The number of hydrogen-bond donors (Lipinski definition) is 3. The van der Waals surface area contributed by atoms with Gasteiger partial charge in [-0.2, -0.15) is 0 Å². The molecular formula is C14H22N2O2. The van der Waals surface area contributed by atoms with Crippen LogP contribution in [0.4, 0.5) is 0 Å². The quantitative estimate of drug-likeness (QED) is 0.615. The van der Waals surface area contributed by atoms with Crippen LogP contribution in [0.2, 0.25) is 0 Å². The van der Waals surface area contributed by atoms with Crippen LogP contribution in [0.5, 0.6) is 11.5 Å². The maximum atomic E-state index is 9.46.